The second kappa shape index (κ2) is 9.20. The summed E-state index contributed by atoms with van der Waals surface area (Å²) in [5.74, 6) is 0.194. The van der Waals surface area contributed by atoms with E-state index >= 15 is 0 Å². The predicted molar refractivity (Wildman–Crippen MR) is 104 cm³/mol. The number of anilines is 1. The van der Waals surface area contributed by atoms with Gasteiger partial charge in [-0.3, -0.25) is 9.59 Å². The van der Waals surface area contributed by atoms with Crippen LogP contribution in [0, 0.1) is 12.8 Å². The zero-order chi connectivity index (χ0) is 17.7. The molecule has 0 unspecified atom stereocenters. The molecule has 0 atom stereocenters. The molecule has 1 fully saturated rings. The molecule has 0 spiro atoms. The van der Waals surface area contributed by atoms with Crippen molar-refractivity contribution >= 4 is 29.9 Å². The van der Waals surface area contributed by atoms with Gasteiger partial charge < -0.3 is 16.4 Å². The fraction of sp³-hybridized carbons (Fsp3) is 0.579. The van der Waals surface area contributed by atoms with E-state index in [1.807, 2.05) is 6.92 Å². The van der Waals surface area contributed by atoms with Crippen LogP contribution in [0.25, 0.3) is 0 Å². The van der Waals surface area contributed by atoms with Gasteiger partial charge >= 0.3 is 0 Å². The Morgan fingerprint density at radius 1 is 1.20 bits per heavy atom. The van der Waals surface area contributed by atoms with Crippen molar-refractivity contribution in [3.63, 3.8) is 0 Å². The average molecular weight is 368 g/mol. The van der Waals surface area contributed by atoms with Gasteiger partial charge in [0.05, 0.1) is 5.54 Å². The largest absolute Gasteiger partial charge is 0.352 e. The van der Waals surface area contributed by atoms with Crippen molar-refractivity contribution in [2.45, 2.75) is 58.4 Å². The molecule has 0 saturated heterocycles. The van der Waals surface area contributed by atoms with Crippen LogP contribution in [0.1, 0.15) is 61.9 Å². The Hall–Kier alpha value is -1.59. The number of nitrogens with two attached hydrogens (primary N) is 1. The molecular formula is C19H30ClN3O2. The summed E-state index contributed by atoms with van der Waals surface area (Å²) in [6, 6.07) is 5.32. The van der Waals surface area contributed by atoms with Gasteiger partial charge in [0.25, 0.3) is 5.91 Å². The molecule has 1 aromatic rings. The van der Waals surface area contributed by atoms with Crippen LogP contribution in [-0.4, -0.2) is 23.9 Å². The van der Waals surface area contributed by atoms with Crippen molar-refractivity contribution in [1.29, 1.82) is 0 Å². The zero-order valence-electron chi connectivity index (χ0n) is 15.4. The highest BCUT2D eigenvalue weighted by Gasteiger charge is 2.35. The minimum absolute atomic E-state index is 0. The molecule has 2 amide bonds. The Morgan fingerprint density at radius 3 is 2.40 bits per heavy atom. The van der Waals surface area contributed by atoms with Gasteiger partial charge in [0.1, 0.15) is 0 Å². The first-order chi connectivity index (χ1) is 11.3. The van der Waals surface area contributed by atoms with E-state index in [-0.39, 0.29) is 24.2 Å². The van der Waals surface area contributed by atoms with E-state index in [0.717, 1.165) is 43.4 Å². The molecule has 1 aliphatic rings. The Kier molecular flexibility index (Phi) is 7.90. The van der Waals surface area contributed by atoms with Gasteiger partial charge in [0, 0.05) is 17.8 Å². The number of benzene rings is 1. The summed E-state index contributed by atoms with van der Waals surface area (Å²) >= 11 is 0. The first kappa shape index (κ1) is 21.5. The maximum atomic E-state index is 12.5. The van der Waals surface area contributed by atoms with Crippen molar-refractivity contribution in [2.75, 3.05) is 11.9 Å². The molecule has 0 heterocycles. The highest BCUT2D eigenvalue weighted by atomic mass is 35.5. The highest BCUT2D eigenvalue weighted by Crippen LogP contribution is 2.28. The number of carbonyl (C=O) groups is 2. The average Bonchev–Trinajstić information content (AvgIpc) is 2.55. The highest BCUT2D eigenvalue weighted by molar-refractivity contribution is 6.00. The number of hydrogen-bond acceptors (Lipinski definition) is 3. The van der Waals surface area contributed by atoms with Crippen molar-refractivity contribution in [1.82, 2.24) is 5.32 Å². The molecule has 5 nitrogen and oxygen atoms in total. The van der Waals surface area contributed by atoms with Crippen molar-refractivity contribution in [2.24, 2.45) is 11.7 Å². The van der Waals surface area contributed by atoms with E-state index in [1.54, 1.807) is 18.2 Å². The SMILES string of the molecule is Cc1cc(C(=O)NCC(C)C)ccc1NC(=O)C1(N)CCCCC1.Cl. The van der Waals surface area contributed by atoms with Gasteiger partial charge in [-0.1, -0.05) is 33.1 Å². The Labute approximate surface area is 156 Å². The van der Waals surface area contributed by atoms with Crippen LogP contribution in [0.15, 0.2) is 18.2 Å². The van der Waals surface area contributed by atoms with Crippen LogP contribution in [0.4, 0.5) is 5.69 Å². The van der Waals surface area contributed by atoms with E-state index < -0.39 is 5.54 Å². The topological polar surface area (TPSA) is 84.2 Å². The zero-order valence-corrected chi connectivity index (χ0v) is 16.2. The molecule has 1 aromatic carbocycles. The lowest BCUT2D eigenvalue weighted by Crippen LogP contribution is -2.52. The maximum absolute atomic E-state index is 12.5. The van der Waals surface area contributed by atoms with Crippen molar-refractivity contribution in [3.8, 4) is 0 Å². The molecule has 1 saturated carbocycles. The molecule has 4 N–H and O–H groups in total. The van der Waals surface area contributed by atoms with Crippen LogP contribution in [0.3, 0.4) is 0 Å². The van der Waals surface area contributed by atoms with E-state index in [4.69, 9.17) is 5.73 Å². The number of amides is 2. The molecule has 0 aromatic heterocycles. The summed E-state index contributed by atoms with van der Waals surface area (Å²) in [6.07, 6.45) is 4.60. The van der Waals surface area contributed by atoms with E-state index in [9.17, 15) is 9.59 Å². The quantitative estimate of drug-likeness (QED) is 0.745. The molecule has 0 bridgehead atoms. The maximum Gasteiger partial charge on any atom is 0.251 e. The number of aryl methyl sites for hydroxylation is 1. The van der Waals surface area contributed by atoms with Gasteiger partial charge in [0.15, 0.2) is 0 Å². The molecule has 140 valence electrons. The van der Waals surface area contributed by atoms with Crippen molar-refractivity contribution in [3.05, 3.63) is 29.3 Å². The number of nitrogens with one attached hydrogen (secondary N) is 2. The van der Waals surface area contributed by atoms with Gasteiger partial charge in [-0.25, -0.2) is 0 Å². The summed E-state index contributed by atoms with van der Waals surface area (Å²) in [4.78, 5) is 24.6. The summed E-state index contributed by atoms with van der Waals surface area (Å²) in [5.41, 5.74) is 7.69. The monoisotopic (exact) mass is 367 g/mol. The number of halogens is 1. The van der Waals surface area contributed by atoms with E-state index in [2.05, 4.69) is 24.5 Å². The summed E-state index contributed by atoms with van der Waals surface area (Å²) in [7, 11) is 0. The van der Waals surface area contributed by atoms with Gasteiger partial charge in [0.2, 0.25) is 5.91 Å². The molecule has 2 rings (SSSR count). The summed E-state index contributed by atoms with van der Waals surface area (Å²) in [5, 5.41) is 5.84. The Balaban J connectivity index is 0.00000312. The third-order valence-electron chi connectivity index (χ3n) is 4.61. The van der Waals surface area contributed by atoms with Gasteiger partial charge in [-0.2, -0.15) is 0 Å². The van der Waals surface area contributed by atoms with Crippen LogP contribution in [0.2, 0.25) is 0 Å². The third kappa shape index (κ3) is 5.72. The lowest BCUT2D eigenvalue weighted by molar-refractivity contribution is -0.122. The summed E-state index contributed by atoms with van der Waals surface area (Å²) in [6.45, 7) is 6.64. The van der Waals surface area contributed by atoms with Crippen LogP contribution in [0.5, 0.6) is 0 Å². The third-order valence-corrected chi connectivity index (χ3v) is 4.61. The van der Waals surface area contributed by atoms with E-state index in [1.165, 1.54) is 0 Å². The lowest BCUT2D eigenvalue weighted by Gasteiger charge is -2.32. The number of hydrogen-bond donors (Lipinski definition) is 3. The molecule has 1 aliphatic carbocycles. The smallest absolute Gasteiger partial charge is 0.251 e. The lowest BCUT2D eigenvalue weighted by atomic mass is 9.82. The first-order valence-electron chi connectivity index (χ1n) is 8.81. The minimum Gasteiger partial charge on any atom is -0.352 e. The fourth-order valence-corrected chi connectivity index (χ4v) is 3.00. The van der Waals surface area contributed by atoms with Crippen LogP contribution >= 0.6 is 12.4 Å². The van der Waals surface area contributed by atoms with Gasteiger partial charge in [-0.15, -0.1) is 12.4 Å². The standard InChI is InChI=1S/C19H29N3O2.ClH/c1-13(2)12-21-17(23)15-7-8-16(14(3)11-15)22-18(24)19(20)9-5-4-6-10-19;/h7-8,11,13H,4-6,9-10,12,20H2,1-3H3,(H,21,23)(H,22,24);1H. The summed E-state index contributed by atoms with van der Waals surface area (Å²) < 4.78 is 0. The second-order valence-corrected chi connectivity index (χ2v) is 7.30. The molecule has 25 heavy (non-hydrogen) atoms. The second-order valence-electron chi connectivity index (χ2n) is 7.30. The number of carbonyl (C=O) groups excluding carboxylic acids is 2. The molecule has 0 aliphatic heterocycles. The van der Waals surface area contributed by atoms with Crippen LogP contribution in [-0.2, 0) is 4.79 Å². The van der Waals surface area contributed by atoms with Crippen molar-refractivity contribution < 1.29 is 9.59 Å². The minimum atomic E-state index is -0.766. The molecular weight excluding hydrogens is 338 g/mol. The Morgan fingerprint density at radius 2 is 1.84 bits per heavy atom. The van der Waals surface area contributed by atoms with Gasteiger partial charge in [-0.05, 0) is 49.4 Å². The fourth-order valence-electron chi connectivity index (χ4n) is 3.00. The first-order valence-corrected chi connectivity index (χ1v) is 8.81. The number of rotatable bonds is 5. The normalized spacial score (nSPS) is 16.0. The van der Waals surface area contributed by atoms with Crippen LogP contribution < -0.4 is 16.4 Å². The van der Waals surface area contributed by atoms with E-state index in [0.29, 0.717) is 18.0 Å². The Bertz CT molecular complexity index is 611. The predicted octanol–water partition coefficient (Wildman–Crippen LogP) is 3.40. The molecule has 0 radical (unpaired) electrons. The molecule has 6 heteroatoms.